The van der Waals surface area contributed by atoms with Gasteiger partial charge in [-0.3, -0.25) is 4.79 Å². The van der Waals surface area contributed by atoms with Crippen LogP contribution in [0.1, 0.15) is 40.4 Å². The first-order valence-corrected chi connectivity index (χ1v) is 7.49. The number of rotatable bonds is 3. The molecule has 1 aliphatic carbocycles. The summed E-state index contributed by atoms with van der Waals surface area (Å²) >= 11 is 12.2. The molecule has 0 radical (unpaired) electrons. The van der Waals surface area contributed by atoms with E-state index in [2.05, 4.69) is 10.5 Å². The monoisotopic (exact) mass is 324 g/mol. The molecule has 6 heteroatoms. The topological polar surface area (TPSA) is 55.1 Å². The van der Waals surface area contributed by atoms with Gasteiger partial charge in [0.15, 0.2) is 0 Å². The van der Waals surface area contributed by atoms with Crippen LogP contribution in [0, 0.1) is 6.92 Å². The highest BCUT2D eigenvalue weighted by molar-refractivity contribution is 6.35. The minimum atomic E-state index is -0.159. The molecule has 1 aromatic heterocycles. The molecule has 2 atom stereocenters. The molecule has 1 aromatic carbocycles. The van der Waals surface area contributed by atoms with Crippen LogP contribution in [0.25, 0.3) is 0 Å². The highest BCUT2D eigenvalue weighted by atomic mass is 35.5. The van der Waals surface area contributed by atoms with Gasteiger partial charge in [-0.25, -0.2) is 0 Å². The molecule has 1 amide bonds. The van der Waals surface area contributed by atoms with Crippen LogP contribution in [0.5, 0.6) is 0 Å². The number of hydrogen-bond acceptors (Lipinski definition) is 3. The van der Waals surface area contributed by atoms with Gasteiger partial charge >= 0.3 is 0 Å². The zero-order chi connectivity index (χ0) is 15.0. The smallest absolute Gasteiger partial charge is 0.256 e. The van der Waals surface area contributed by atoms with Gasteiger partial charge in [-0.15, -0.1) is 0 Å². The molecule has 1 saturated carbocycles. The minimum absolute atomic E-state index is 0.0745. The number of nitrogens with one attached hydrogen (secondary N) is 1. The third-order valence-electron chi connectivity index (χ3n) is 3.95. The SMILES string of the molecule is Cc1oncc1C(=O)N[C@H]1CC[C@H]1c1ccc(Cl)cc1Cl. The second-order valence-electron chi connectivity index (χ2n) is 5.23. The minimum Gasteiger partial charge on any atom is -0.361 e. The van der Waals surface area contributed by atoms with E-state index in [1.165, 1.54) is 6.20 Å². The van der Waals surface area contributed by atoms with E-state index < -0.39 is 0 Å². The average molecular weight is 325 g/mol. The van der Waals surface area contributed by atoms with Crippen LogP contribution in [0.2, 0.25) is 10.0 Å². The summed E-state index contributed by atoms with van der Waals surface area (Å²) in [6.45, 7) is 1.72. The Kier molecular flexibility index (Phi) is 3.91. The van der Waals surface area contributed by atoms with E-state index in [9.17, 15) is 4.79 Å². The second kappa shape index (κ2) is 5.70. The van der Waals surface area contributed by atoms with Crippen LogP contribution < -0.4 is 5.32 Å². The first kappa shape index (κ1) is 14.4. The lowest BCUT2D eigenvalue weighted by Crippen LogP contribution is -2.45. The maximum Gasteiger partial charge on any atom is 0.256 e. The fourth-order valence-electron chi connectivity index (χ4n) is 2.61. The van der Waals surface area contributed by atoms with Crippen LogP contribution in [-0.4, -0.2) is 17.1 Å². The molecule has 3 rings (SSSR count). The number of benzene rings is 1. The lowest BCUT2D eigenvalue weighted by molar-refractivity contribution is 0.0903. The Bertz CT molecular complexity index is 684. The second-order valence-corrected chi connectivity index (χ2v) is 6.07. The van der Waals surface area contributed by atoms with Gasteiger partial charge in [0.25, 0.3) is 5.91 Å². The summed E-state index contributed by atoms with van der Waals surface area (Å²) < 4.78 is 4.92. The van der Waals surface area contributed by atoms with E-state index in [0.717, 1.165) is 18.4 Å². The zero-order valence-electron chi connectivity index (χ0n) is 11.4. The number of hydrogen-bond donors (Lipinski definition) is 1. The van der Waals surface area contributed by atoms with Crippen molar-refractivity contribution in [1.82, 2.24) is 10.5 Å². The third-order valence-corrected chi connectivity index (χ3v) is 4.51. The van der Waals surface area contributed by atoms with Gasteiger partial charge in [-0.2, -0.15) is 0 Å². The molecule has 0 bridgehead atoms. The quantitative estimate of drug-likeness (QED) is 0.929. The lowest BCUT2D eigenvalue weighted by atomic mass is 9.75. The highest BCUT2D eigenvalue weighted by Crippen LogP contribution is 2.41. The fourth-order valence-corrected chi connectivity index (χ4v) is 3.16. The molecule has 1 heterocycles. The standard InChI is InChI=1S/C15H14Cl2N2O2/c1-8-12(7-18-21-8)15(20)19-14-5-4-11(14)10-3-2-9(16)6-13(10)17/h2-3,6-7,11,14H,4-5H2,1H3,(H,19,20)/t11-,14-/m0/s1. The summed E-state index contributed by atoms with van der Waals surface area (Å²) in [7, 11) is 0. The molecule has 4 nitrogen and oxygen atoms in total. The molecular formula is C15H14Cl2N2O2. The van der Waals surface area contributed by atoms with Gasteiger partial charge in [0.05, 0.1) is 6.20 Å². The van der Waals surface area contributed by atoms with Crippen LogP contribution in [-0.2, 0) is 0 Å². The number of nitrogens with zero attached hydrogens (tertiary/aromatic N) is 1. The summed E-state index contributed by atoms with van der Waals surface area (Å²) in [6.07, 6.45) is 3.36. The Morgan fingerprint density at radius 1 is 1.38 bits per heavy atom. The van der Waals surface area contributed by atoms with Crippen molar-refractivity contribution in [2.45, 2.75) is 31.7 Å². The number of carbonyl (C=O) groups is 1. The van der Waals surface area contributed by atoms with Crippen molar-refractivity contribution < 1.29 is 9.32 Å². The maximum absolute atomic E-state index is 12.2. The molecule has 0 saturated heterocycles. The molecule has 0 spiro atoms. The third kappa shape index (κ3) is 2.78. The summed E-state index contributed by atoms with van der Waals surface area (Å²) in [5, 5.41) is 7.90. The molecule has 21 heavy (non-hydrogen) atoms. The Morgan fingerprint density at radius 2 is 2.19 bits per heavy atom. The van der Waals surface area contributed by atoms with Gasteiger partial charge in [0, 0.05) is 22.0 Å². The summed E-state index contributed by atoms with van der Waals surface area (Å²) in [4.78, 5) is 12.2. The van der Waals surface area contributed by atoms with Crippen molar-refractivity contribution >= 4 is 29.1 Å². The van der Waals surface area contributed by atoms with E-state index in [0.29, 0.717) is 21.4 Å². The molecule has 110 valence electrons. The number of amides is 1. The van der Waals surface area contributed by atoms with Crippen LogP contribution in [0.3, 0.4) is 0 Å². The Hall–Kier alpha value is -1.52. The first-order chi connectivity index (χ1) is 10.1. The van der Waals surface area contributed by atoms with Crippen LogP contribution in [0.15, 0.2) is 28.9 Å². The number of aromatic nitrogens is 1. The molecule has 2 aromatic rings. The normalized spacial score (nSPS) is 20.9. The predicted molar refractivity (Wildman–Crippen MR) is 80.9 cm³/mol. The Labute approximate surface area is 132 Å². The summed E-state index contributed by atoms with van der Waals surface area (Å²) in [5.41, 5.74) is 1.50. The van der Waals surface area contributed by atoms with Crippen molar-refractivity contribution in [3.8, 4) is 0 Å². The average Bonchev–Trinajstić information content (AvgIpc) is 2.84. The van der Waals surface area contributed by atoms with Gasteiger partial charge in [0.2, 0.25) is 0 Å². The van der Waals surface area contributed by atoms with Gasteiger partial charge < -0.3 is 9.84 Å². The molecule has 0 aliphatic heterocycles. The largest absolute Gasteiger partial charge is 0.361 e. The lowest BCUT2D eigenvalue weighted by Gasteiger charge is -2.38. The number of carbonyl (C=O) groups excluding carboxylic acids is 1. The number of halogens is 2. The van der Waals surface area contributed by atoms with Gasteiger partial charge in [-0.05, 0) is 37.5 Å². The maximum atomic E-state index is 12.2. The summed E-state index contributed by atoms with van der Waals surface area (Å²) in [5.74, 6) is 0.584. The van der Waals surface area contributed by atoms with E-state index in [4.69, 9.17) is 27.7 Å². The zero-order valence-corrected chi connectivity index (χ0v) is 12.9. The molecule has 0 unspecified atom stereocenters. The molecule has 1 fully saturated rings. The Balaban J connectivity index is 1.73. The Morgan fingerprint density at radius 3 is 2.76 bits per heavy atom. The predicted octanol–water partition coefficient (Wildman–Crippen LogP) is 3.97. The molecule has 1 aliphatic rings. The number of aryl methyl sites for hydroxylation is 1. The first-order valence-electron chi connectivity index (χ1n) is 6.73. The molecular weight excluding hydrogens is 311 g/mol. The van der Waals surface area contributed by atoms with Crippen LogP contribution in [0.4, 0.5) is 0 Å². The van der Waals surface area contributed by atoms with Crippen molar-refractivity contribution in [2.75, 3.05) is 0 Å². The summed E-state index contributed by atoms with van der Waals surface area (Å²) in [6, 6.07) is 5.56. The molecule has 1 N–H and O–H groups in total. The van der Waals surface area contributed by atoms with E-state index in [1.807, 2.05) is 12.1 Å². The highest BCUT2D eigenvalue weighted by Gasteiger charge is 2.35. The van der Waals surface area contributed by atoms with Crippen molar-refractivity contribution in [3.63, 3.8) is 0 Å². The van der Waals surface area contributed by atoms with Crippen molar-refractivity contribution in [1.29, 1.82) is 0 Å². The van der Waals surface area contributed by atoms with Crippen molar-refractivity contribution in [2.24, 2.45) is 0 Å². The fraction of sp³-hybridized carbons (Fsp3) is 0.333. The van der Waals surface area contributed by atoms with E-state index >= 15 is 0 Å². The van der Waals surface area contributed by atoms with E-state index in [-0.39, 0.29) is 17.9 Å². The van der Waals surface area contributed by atoms with Crippen LogP contribution >= 0.6 is 23.2 Å². The van der Waals surface area contributed by atoms with E-state index in [1.54, 1.807) is 13.0 Å². The van der Waals surface area contributed by atoms with Gasteiger partial charge in [-0.1, -0.05) is 34.4 Å². The van der Waals surface area contributed by atoms with Gasteiger partial charge in [0.1, 0.15) is 11.3 Å². The van der Waals surface area contributed by atoms with Crippen molar-refractivity contribution in [3.05, 3.63) is 51.3 Å².